The van der Waals surface area contributed by atoms with Crippen molar-refractivity contribution in [2.24, 2.45) is 0 Å². The fraction of sp³-hybridized carbons (Fsp3) is 0.800. The van der Waals surface area contributed by atoms with Crippen LogP contribution in [0.1, 0.15) is 19.8 Å². The van der Waals surface area contributed by atoms with Crippen molar-refractivity contribution in [1.82, 2.24) is 0 Å². The molecule has 0 rings (SSSR count). The summed E-state index contributed by atoms with van der Waals surface area (Å²) in [6.07, 6.45) is 2.06. The number of thiol groups is 2. The monoisotopic (exact) mass is 166 g/mol. The Morgan fingerprint density at radius 1 is 1.62 bits per heavy atom. The molecule has 0 aromatic heterocycles. The van der Waals surface area contributed by atoms with Crippen LogP contribution in [0.3, 0.4) is 0 Å². The lowest BCUT2D eigenvalue weighted by atomic mass is 10.3. The van der Waals surface area contributed by atoms with Crippen LogP contribution in [0.25, 0.3) is 0 Å². The summed E-state index contributed by atoms with van der Waals surface area (Å²) < 4.78 is -0.00931. The summed E-state index contributed by atoms with van der Waals surface area (Å²) in [5.74, 6) is 0. The Morgan fingerprint density at radius 2 is 2.12 bits per heavy atom. The Bertz CT molecular complexity index is 77.7. The van der Waals surface area contributed by atoms with Crippen LogP contribution in [0.4, 0.5) is 0 Å². The second kappa shape index (κ2) is 4.65. The lowest BCUT2D eigenvalue weighted by molar-refractivity contribution is 1.00. The van der Waals surface area contributed by atoms with Gasteiger partial charge in [0.1, 0.15) is 0 Å². The molecule has 0 aromatic carbocycles. The van der Waals surface area contributed by atoms with Gasteiger partial charge in [0.2, 0.25) is 0 Å². The molecule has 0 radical (unpaired) electrons. The van der Waals surface area contributed by atoms with Gasteiger partial charge < -0.3 is 0 Å². The first-order valence-corrected chi connectivity index (χ1v) is 4.01. The molecule has 0 aliphatic carbocycles. The standard InChI is InChI=1S/C5H10S3/c1-2-3-4(6)5(7)8/h5,7-8H,2-3H2,1H3. The lowest BCUT2D eigenvalue weighted by Gasteiger charge is -2.01. The highest BCUT2D eigenvalue weighted by atomic mass is 32.2. The van der Waals surface area contributed by atoms with Crippen molar-refractivity contribution in [3.63, 3.8) is 0 Å². The number of rotatable bonds is 3. The van der Waals surface area contributed by atoms with E-state index in [-0.39, 0.29) is 4.58 Å². The van der Waals surface area contributed by atoms with E-state index < -0.39 is 0 Å². The van der Waals surface area contributed by atoms with Crippen molar-refractivity contribution < 1.29 is 0 Å². The summed E-state index contributed by atoms with van der Waals surface area (Å²) in [5, 5.41) is 0. The van der Waals surface area contributed by atoms with E-state index in [9.17, 15) is 0 Å². The SMILES string of the molecule is CCCC(=S)C(S)S. The molecular weight excluding hydrogens is 156 g/mol. The molecule has 0 aliphatic heterocycles. The van der Waals surface area contributed by atoms with E-state index in [0.29, 0.717) is 0 Å². The van der Waals surface area contributed by atoms with Crippen LogP contribution in [0, 0.1) is 0 Å². The van der Waals surface area contributed by atoms with Crippen molar-refractivity contribution in [2.75, 3.05) is 0 Å². The predicted molar refractivity (Wildman–Crippen MR) is 49.3 cm³/mol. The van der Waals surface area contributed by atoms with Crippen LogP contribution >= 0.6 is 37.5 Å². The third-order valence-corrected chi connectivity index (χ3v) is 2.20. The van der Waals surface area contributed by atoms with Crippen molar-refractivity contribution in [2.45, 2.75) is 24.3 Å². The van der Waals surface area contributed by atoms with Crippen molar-refractivity contribution in [3.05, 3.63) is 0 Å². The van der Waals surface area contributed by atoms with E-state index in [1.54, 1.807) is 0 Å². The maximum absolute atomic E-state index is 4.92. The average molecular weight is 166 g/mol. The van der Waals surface area contributed by atoms with E-state index in [2.05, 4.69) is 32.2 Å². The molecule has 8 heavy (non-hydrogen) atoms. The highest BCUT2D eigenvalue weighted by Gasteiger charge is 2.00. The molecule has 0 saturated heterocycles. The van der Waals surface area contributed by atoms with Gasteiger partial charge in [-0.3, -0.25) is 0 Å². The van der Waals surface area contributed by atoms with Gasteiger partial charge in [-0.15, -0.1) is 0 Å². The van der Waals surface area contributed by atoms with Crippen molar-refractivity contribution in [1.29, 1.82) is 0 Å². The molecule has 48 valence electrons. The first-order chi connectivity index (χ1) is 3.68. The van der Waals surface area contributed by atoms with Gasteiger partial charge in [0.25, 0.3) is 0 Å². The molecule has 0 spiro atoms. The maximum atomic E-state index is 4.92. The molecule has 0 fully saturated rings. The van der Waals surface area contributed by atoms with Crippen molar-refractivity contribution in [3.8, 4) is 0 Å². The van der Waals surface area contributed by atoms with Gasteiger partial charge in [-0.25, -0.2) is 0 Å². The van der Waals surface area contributed by atoms with Gasteiger partial charge in [0.05, 0.1) is 4.58 Å². The van der Waals surface area contributed by atoms with Gasteiger partial charge in [0, 0.05) is 4.86 Å². The van der Waals surface area contributed by atoms with E-state index in [1.807, 2.05) is 0 Å². The third-order valence-electron chi connectivity index (χ3n) is 0.784. The van der Waals surface area contributed by atoms with Crippen LogP contribution in [-0.2, 0) is 0 Å². The summed E-state index contributed by atoms with van der Waals surface area (Å²) >= 11 is 13.0. The highest BCUT2D eigenvalue weighted by Crippen LogP contribution is 2.07. The third kappa shape index (κ3) is 3.75. The largest absolute Gasteiger partial charge is 0.160 e. The Kier molecular flexibility index (Phi) is 5.11. The first-order valence-electron chi connectivity index (χ1n) is 2.57. The Morgan fingerprint density at radius 3 is 2.25 bits per heavy atom. The van der Waals surface area contributed by atoms with E-state index in [4.69, 9.17) is 12.2 Å². The minimum atomic E-state index is -0.00931. The predicted octanol–water partition coefficient (Wildman–Crippen LogP) is 2.34. The Balaban J connectivity index is 3.33. The summed E-state index contributed by atoms with van der Waals surface area (Å²) in [6.45, 7) is 2.09. The molecule has 0 saturated carbocycles. The summed E-state index contributed by atoms with van der Waals surface area (Å²) in [5.41, 5.74) is 0. The molecule has 0 heterocycles. The highest BCUT2D eigenvalue weighted by molar-refractivity contribution is 8.02. The van der Waals surface area contributed by atoms with Crippen LogP contribution < -0.4 is 0 Å². The minimum absolute atomic E-state index is 0.00931. The second-order valence-electron chi connectivity index (χ2n) is 1.59. The first kappa shape index (κ1) is 8.79. The van der Waals surface area contributed by atoms with E-state index >= 15 is 0 Å². The molecule has 0 nitrogen and oxygen atoms in total. The maximum Gasteiger partial charge on any atom is 0.0754 e. The Hall–Kier alpha value is 0.790. The summed E-state index contributed by atoms with van der Waals surface area (Å²) in [6, 6.07) is 0. The zero-order valence-corrected chi connectivity index (χ0v) is 7.40. The minimum Gasteiger partial charge on any atom is -0.160 e. The molecule has 0 aromatic rings. The van der Waals surface area contributed by atoms with Crippen LogP contribution in [0.2, 0.25) is 0 Å². The summed E-state index contributed by atoms with van der Waals surface area (Å²) in [7, 11) is 0. The summed E-state index contributed by atoms with van der Waals surface area (Å²) in [4.78, 5) is 0.944. The molecule has 0 bridgehead atoms. The van der Waals surface area contributed by atoms with Crippen molar-refractivity contribution >= 4 is 42.3 Å². The fourth-order valence-electron chi connectivity index (χ4n) is 0.375. The number of hydrogen-bond donors (Lipinski definition) is 2. The molecular formula is C5H10S3. The second-order valence-corrected chi connectivity index (χ2v) is 3.55. The topological polar surface area (TPSA) is 0 Å². The van der Waals surface area contributed by atoms with Gasteiger partial charge in [-0.05, 0) is 6.42 Å². The fourth-order valence-corrected chi connectivity index (χ4v) is 0.838. The van der Waals surface area contributed by atoms with Crippen LogP contribution in [0.5, 0.6) is 0 Å². The molecule has 0 N–H and O–H groups in total. The molecule has 0 aliphatic rings. The van der Waals surface area contributed by atoms with Gasteiger partial charge in [-0.1, -0.05) is 25.6 Å². The number of hydrogen-bond acceptors (Lipinski definition) is 3. The van der Waals surface area contributed by atoms with E-state index in [1.165, 1.54) is 0 Å². The van der Waals surface area contributed by atoms with Crippen LogP contribution in [-0.4, -0.2) is 9.45 Å². The molecule has 0 atom stereocenters. The lowest BCUT2D eigenvalue weighted by Crippen LogP contribution is -2.03. The average Bonchev–Trinajstić information content (AvgIpc) is 1.67. The van der Waals surface area contributed by atoms with Gasteiger partial charge in [-0.2, -0.15) is 25.3 Å². The van der Waals surface area contributed by atoms with Gasteiger partial charge in [0.15, 0.2) is 0 Å². The van der Waals surface area contributed by atoms with Crippen LogP contribution in [0.15, 0.2) is 0 Å². The normalized spacial score (nSPS) is 10.0. The zero-order valence-electron chi connectivity index (χ0n) is 4.79. The number of thiocarbonyl (C=S) groups is 1. The molecule has 0 amide bonds. The Labute approximate surface area is 66.9 Å². The molecule has 0 unspecified atom stereocenters. The zero-order chi connectivity index (χ0) is 6.57. The smallest absolute Gasteiger partial charge is 0.0754 e. The van der Waals surface area contributed by atoms with E-state index in [0.717, 1.165) is 17.7 Å². The molecule has 3 heteroatoms. The van der Waals surface area contributed by atoms with Gasteiger partial charge >= 0.3 is 0 Å². The quantitative estimate of drug-likeness (QED) is 0.369.